The molecular weight excluding hydrogens is 503 g/mol. The fourth-order valence-electron chi connectivity index (χ4n) is 4.98. The van der Waals surface area contributed by atoms with Gasteiger partial charge in [-0.25, -0.2) is 0 Å². The Kier molecular flexibility index (Phi) is 6.82. The maximum Gasteiger partial charge on any atom is 0.573 e. The monoisotopic (exact) mass is 529 g/mol. The van der Waals surface area contributed by atoms with Crippen molar-refractivity contribution in [2.75, 3.05) is 13.1 Å². The van der Waals surface area contributed by atoms with Gasteiger partial charge in [0.25, 0.3) is 0 Å². The van der Waals surface area contributed by atoms with Crippen molar-refractivity contribution in [3.05, 3.63) is 64.8 Å². The third kappa shape index (κ3) is 5.80. The maximum atomic E-state index is 12.8. The Labute approximate surface area is 216 Å². The normalized spacial score (nSPS) is 19.1. The lowest BCUT2D eigenvalue weighted by Gasteiger charge is -2.31. The van der Waals surface area contributed by atoms with Crippen LogP contribution in [0, 0.1) is 12.8 Å². The van der Waals surface area contributed by atoms with Crippen LogP contribution in [0.3, 0.4) is 0 Å². The number of nitrogens with two attached hydrogens (primary N) is 1. The Hall–Kier alpha value is -3.93. The zero-order valence-corrected chi connectivity index (χ0v) is 20.5. The summed E-state index contributed by atoms with van der Waals surface area (Å²) >= 11 is 0. The molecule has 1 aliphatic heterocycles. The minimum Gasteiger partial charge on any atom is -0.406 e. The number of alkyl halides is 3. The van der Waals surface area contributed by atoms with Crippen LogP contribution in [-0.4, -0.2) is 46.3 Å². The number of halogens is 3. The smallest absolute Gasteiger partial charge is 0.406 e. The summed E-state index contributed by atoms with van der Waals surface area (Å²) in [5.74, 6) is -0.228. The van der Waals surface area contributed by atoms with Crippen LogP contribution in [0.2, 0.25) is 0 Å². The van der Waals surface area contributed by atoms with E-state index in [0.29, 0.717) is 43.2 Å². The molecule has 200 valence electrons. The highest BCUT2D eigenvalue weighted by molar-refractivity contribution is 5.82. The fourth-order valence-corrected chi connectivity index (χ4v) is 4.98. The van der Waals surface area contributed by atoms with Gasteiger partial charge in [0.15, 0.2) is 5.82 Å². The highest BCUT2D eigenvalue weighted by Gasteiger charge is 2.47. The molecule has 0 unspecified atom stereocenters. The summed E-state index contributed by atoms with van der Waals surface area (Å²) in [5, 5.41) is 6.76. The molecule has 0 saturated heterocycles. The number of rotatable bonds is 8. The van der Waals surface area contributed by atoms with Crippen LogP contribution < -0.4 is 15.8 Å². The molecule has 1 aromatic heterocycles. The highest BCUT2D eigenvalue weighted by atomic mass is 19.4. The van der Waals surface area contributed by atoms with Crippen LogP contribution in [0.25, 0.3) is 11.1 Å². The van der Waals surface area contributed by atoms with Gasteiger partial charge in [0.05, 0.1) is 18.4 Å². The van der Waals surface area contributed by atoms with Crippen molar-refractivity contribution < 1.29 is 32.0 Å². The van der Waals surface area contributed by atoms with Crippen molar-refractivity contribution in [2.24, 2.45) is 11.7 Å². The first kappa shape index (κ1) is 25.7. The molecule has 2 aromatic carbocycles. The Morgan fingerprint density at radius 2 is 2.05 bits per heavy atom. The van der Waals surface area contributed by atoms with E-state index in [2.05, 4.69) is 20.2 Å². The number of aryl methyl sites for hydroxylation is 1. The summed E-state index contributed by atoms with van der Waals surface area (Å²) in [6.07, 6.45) is -3.60. The molecule has 0 spiro atoms. The minimum absolute atomic E-state index is 0.0811. The molecule has 1 saturated carbocycles. The molecule has 9 nitrogen and oxygen atoms in total. The van der Waals surface area contributed by atoms with Crippen LogP contribution in [0.5, 0.6) is 5.75 Å². The number of primary amides is 1. The van der Waals surface area contributed by atoms with Crippen LogP contribution >= 0.6 is 0 Å². The molecule has 2 amide bonds. The molecule has 3 N–H and O–H groups in total. The van der Waals surface area contributed by atoms with Gasteiger partial charge < -0.3 is 20.3 Å². The van der Waals surface area contributed by atoms with Gasteiger partial charge >= 0.3 is 6.36 Å². The lowest BCUT2D eigenvalue weighted by Crippen LogP contribution is -2.38. The highest BCUT2D eigenvalue weighted by Crippen LogP contribution is 2.47. The SMILES string of the molecule is Cc1noc([C@@H]2C[C@H]2C(=O)NCc2ccc(-c3cccc(OC(F)(F)F)c3)c3c2CN(CC(N)=O)CC3)n1. The molecule has 1 aliphatic carbocycles. The summed E-state index contributed by atoms with van der Waals surface area (Å²) in [4.78, 5) is 30.5. The van der Waals surface area contributed by atoms with Crippen molar-refractivity contribution in [1.82, 2.24) is 20.4 Å². The van der Waals surface area contributed by atoms with E-state index in [1.54, 1.807) is 13.0 Å². The van der Waals surface area contributed by atoms with Gasteiger partial charge in [0.2, 0.25) is 17.7 Å². The number of ether oxygens (including phenoxy) is 1. The van der Waals surface area contributed by atoms with E-state index < -0.39 is 12.3 Å². The number of aromatic nitrogens is 2. The second kappa shape index (κ2) is 10.1. The third-order valence-electron chi connectivity index (χ3n) is 6.79. The first-order valence-corrected chi connectivity index (χ1v) is 12.2. The Bertz CT molecular complexity index is 1370. The third-order valence-corrected chi connectivity index (χ3v) is 6.79. The Balaban J connectivity index is 1.38. The molecule has 1 fully saturated rings. The number of nitrogens with one attached hydrogen (secondary N) is 1. The quantitative estimate of drug-likeness (QED) is 0.459. The first-order chi connectivity index (χ1) is 18.1. The number of nitrogens with zero attached hydrogens (tertiary/aromatic N) is 3. The molecule has 2 aliphatic rings. The van der Waals surface area contributed by atoms with Gasteiger partial charge in [-0.05, 0) is 59.7 Å². The van der Waals surface area contributed by atoms with E-state index in [-0.39, 0.29) is 36.6 Å². The van der Waals surface area contributed by atoms with Gasteiger partial charge in [0, 0.05) is 19.6 Å². The molecule has 2 atom stereocenters. The largest absolute Gasteiger partial charge is 0.573 e. The second-order valence-corrected chi connectivity index (χ2v) is 9.58. The van der Waals surface area contributed by atoms with E-state index in [1.165, 1.54) is 18.2 Å². The van der Waals surface area contributed by atoms with E-state index >= 15 is 0 Å². The van der Waals surface area contributed by atoms with Gasteiger partial charge in [-0.1, -0.05) is 29.4 Å². The van der Waals surface area contributed by atoms with Crippen molar-refractivity contribution in [3.8, 4) is 16.9 Å². The van der Waals surface area contributed by atoms with Crippen LogP contribution in [0.4, 0.5) is 13.2 Å². The molecule has 3 aromatic rings. The number of benzene rings is 2. The maximum absolute atomic E-state index is 12.8. The first-order valence-electron chi connectivity index (χ1n) is 12.2. The Morgan fingerprint density at radius 3 is 2.76 bits per heavy atom. The predicted octanol–water partition coefficient (Wildman–Crippen LogP) is 3.21. The summed E-state index contributed by atoms with van der Waals surface area (Å²) in [6.45, 7) is 3.04. The zero-order chi connectivity index (χ0) is 27.0. The predicted molar refractivity (Wildman–Crippen MR) is 128 cm³/mol. The molecule has 2 heterocycles. The molecule has 0 bridgehead atoms. The van der Waals surface area contributed by atoms with Gasteiger partial charge in [-0.15, -0.1) is 13.2 Å². The molecule has 0 radical (unpaired) electrons. The van der Waals surface area contributed by atoms with E-state index in [4.69, 9.17) is 10.3 Å². The van der Waals surface area contributed by atoms with E-state index in [9.17, 15) is 22.8 Å². The molecule has 38 heavy (non-hydrogen) atoms. The van der Waals surface area contributed by atoms with Crippen LogP contribution in [-0.2, 0) is 29.1 Å². The number of carbonyl (C=O) groups excluding carboxylic acids is 2. The Morgan fingerprint density at radius 1 is 1.24 bits per heavy atom. The van der Waals surface area contributed by atoms with Crippen LogP contribution in [0.1, 0.15) is 40.7 Å². The molecule has 12 heteroatoms. The lowest BCUT2D eigenvalue weighted by atomic mass is 9.87. The van der Waals surface area contributed by atoms with Gasteiger partial charge in [-0.2, -0.15) is 4.98 Å². The van der Waals surface area contributed by atoms with Crippen molar-refractivity contribution in [2.45, 2.75) is 45.1 Å². The number of fused-ring (bicyclic) bond motifs is 1. The van der Waals surface area contributed by atoms with Crippen molar-refractivity contribution >= 4 is 11.8 Å². The van der Waals surface area contributed by atoms with Crippen molar-refractivity contribution in [1.29, 1.82) is 0 Å². The van der Waals surface area contributed by atoms with Gasteiger partial charge in [0.1, 0.15) is 5.75 Å². The average Bonchev–Trinajstić information content (AvgIpc) is 3.54. The average molecular weight is 530 g/mol. The second-order valence-electron chi connectivity index (χ2n) is 9.58. The zero-order valence-electron chi connectivity index (χ0n) is 20.5. The van der Waals surface area contributed by atoms with E-state index in [0.717, 1.165) is 22.3 Å². The summed E-state index contributed by atoms with van der Waals surface area (Å²) in [7, 11) is 0. The number of hydrogen-bond donors (Lipinski definition) is 2. The summed E-state index contributed by atoms with van der Waals surface area (Å²) in [6, 6.07) is 9.54. The lowest BCUT2D eigenvalue weighted by molar-refractivity contribution is -0.274. The summed E-state index contributed by atoms with van der Waals surface area (Å²) in [5.41, 5.74) is 9.49. The van der Waals surface area contributed by atoms with Crippen molar-refractivity contribution in [3.63, 3.8) is 0 Å². The standard InChI is InChI=1S/C26H26F3N5O4/c1-14-32-25(38-33-14)21-10-20(21)24(36)31-11-16-5-6-18(15-3-2-4-17(9-15)37-26(27,28)29)19-7-8-34(12-22(16)19)13-23(30)35/h2-6,9,20-21H,7-8,10-13H2,1H3,(H2,30,35)(H,31,36)/t20-,21-/m1/s1. The molecular formula is C26H26F3N5O4. The number of hydrogen-bond acceptors (Lipinski definition) is 7. The topological polar surface area (TPSA) is 124 Å². The molecule has 5 rings (SSSR count). The van der Waals surface area contributed by atoms with Crippen LogP contribution in [0.15, 0.2) is 40.9 Å². The summed E-state index contributed by atoms with van der Waals surface area (Å²) < 4.78 is 47.6. The number of amides is 2. The van der Waals surface area contributed by atoms with E-state index in [1.807, 2.05) is 17.0 Å². The fraction of sp³-hybridized carbons (Fsp3) is 0.385. The van der Waals surface area contributed by atoms with Gasteiger partial charge in [-0.3, -0.25) is 14.5 Å². The number of carbonyl (C=O) groups is 2. The minimum atomic E-state index is -4.79.